The predicted molar refractivity (Wildman–Crippen MR) is 102 cm³/mol. The lowest BCUT2D eigenvalue weighted by atomic mass is 9.99. The highest BCUT2D eigenvalue weighted by Crippen LogP contribution is 2.19. The van der Waals surface area contributed by atoms with Crippen LogP contribution in [0.4, 0.5) is 5.69 Å². The van der Waals surface area contributed by atoms with Crippen molar-refractivity contribution in [3.8, 4) is 11.8 Å². The van der Waals surface area contributed by atoms with Crippen LogP contribution >= 0.6 is 0 Å². The number of carbonyl (C=O) groups excluding carboxylic acids is 1. The number of hydrogen-bond donors (Lipinski definition) is 2. The number of rotatable bonds is 5. The molecule has 2 N–H and O–H groups in total. The van der Waals surface area contributed by atoms with E-state index in [4.69, 9.17) is 5.26 Å². The molecular weight excluding hydrogens is 358 g/mol. The van der Waals surface area contributed by atoms with Gasteiger partial charge in [0.1, 0.15) is 18.0 Å². The summed E-state index contributed by atoms with van der Waals surface area (Å²) in [6.45, 7) is 5.40. The van der Waals surface area contributed by atoms with Crippen LogP contribution in [0.25, 0.3) is 5.69 Å². The van der Waals surface area contributed by atoms with Gasteiger partial charge in [0.15, 0.2) is 0 Å². The van der Waals surface area contributed by atoms with Crippen LogP contribution in [0.15, 0.2) is 29.3 Å². The molecular formula is C19H19N7O2. The molecule has 0 aliphatic carbocycles. The maximum absolute atomic E-state index is 12.4. The van der Waals surface area contributed by atoms with E-state index in [-0.39, 0.29) is 17.9 Å². The first-order chi connectivity index (χ1) is 13.4. The first kappa shape index (κ1) is 19.0. The highest BCUT2D eigenvalue weighted by Gasteiger charge is 2.14. The van der Waals surface area contributed by atoms with Gasteiger partial charge < -0.3 is 10.3 Å². The third-order valence-corrected chi connectivity index (χ3v) is 4.60. The zero-order chi connectivity index (χ0) is 20.3. The number of pyridine rings is 1. The maximum atomic E-state index is 12.4. The van der Waals surface area contributed by atoms with E-state index in [0.29, 0.717) is 23.4 Å². The molecule has 2 heterocycles. The number of nitriles is 1. The molecule has 2 aromatic heterocycles. The minimum absolute atomic E-state index is 0.0924. The second-order valence-electron chi connectivity index (χ2n) is 6.47. The van der Waals surface area contributed by atoms with Gasteiger partial charge in [0.2, 0.25) is 5.91 Å². The lowest BCUT2D eigenvalue weighted by molar-refractivity contribution is -0.116. The molecule has 9 heteroatoms. The van der Waals surface area contributed by atoms with Crippen molar-refractivity contribution >= 4 is 11.6 Å². The molecule has 0 aliphatic rings. The average Bonchev–Trinajstić information content (AvgIpc) is 3.16. The van der Waals surface area contributed by atoms with Gasteiger partial charge >= 0.3 is 0 Å². The number of anilines is 1. The molecule has 3 rings (SSSR count). The summed E-state index contributed by atoms with van der Waals surface area (Å²) in [5.41, 5.74) is 4.22. The van der Waals surface area contributed by atoms with Crippen molar-refractivity contribution in [2.75, 3.05) is 5.32 Å². The molecule has 28 heavy (non-hydrogen) atoms. The van der Waals surface area contributed by atoms with Crippen LogP contribution in [0.5, 0.6) is 0 Å². The van der Waals surface area contributed by atoms with E-state index in [1.807, 2.05) is 25.1 Å². The molecule has 1 aromatic carbocycles. The number of benzene rings is 1. The van der Waals surface area contributed by atoms with Gasteiger partial charge in [0.25, 0.3) is 5.56 Å². The average molecular weight is 377 g/mol. The molecule has 0 radical (unpaired) electrons. The molecule has 3 aromatic rings. The number of nitrogens with one attached hydrogen (secondary N) is 2. The number of hydrogen-bond acceptors (Lipinski definition) is 6. The topological polar surface area (TPSA) is 129 Å². The Kier molecular flexibility index (Phi) is 5.31. The second-order valence-corrected chi connectivity index (χ2v) is 6.47. The molecule has 0 saturated carbocycles. The maximum Gasteiger partial charge on any atom is 0.266 e. The predicted octanol–water partition coefficient (Wildman–Crippen LogP) is 1.72. The van der Waals surface area contributed by atoms with Gasteiger partial charge in [-0.25, -0.2) is 4.68 Å². The molecule has 142 valence electrons. The van der Waals surface area contributed by atoms with Crippen LogP contribution < -0.4 is 10.9 Å². The van der Waals surface area contributed by atoms with Crippen LogP contribution in [0.1, 0.15) is 34.4 Å². The number of aromatic amines is 1. The Labute approximate surface area is 161 Å². The van der Waals surface area contributed by atoms with E-state index in [2.05, 4.69) is 25.8 Å². The number of H-pyrrole nitrogens is 1. The summed E-state index contributed by atoms with van der Waals surface area (Å²) in [5.74, 6) is -0.155. The van der Waals surface area contributed by atoms with Crippen molar-refractivity contribution in [3.63, 3.8) is 0 Å². The summed E-state index contributed by atoms with van der Waals surface area (Å²) in [6, 6.07) is 7.38. The van der Waals surface area contributed by atoms with Crippen molar-refractivity contribution in [2.24, 2.45) is 0 Å². The summed E-state index contributed by atoms with van der Waals surface area (Å²) in [7, 11) is 0. The van der Waals surface area contributed by atoms with Gasteiger partial charge in [-0.2, -0.15) is 5.26 Å². The highest BCUT2D eigenvalue weighted by molar-refractivity contribution is 5.91. The van der Waals surface area contributed by atoms with Crippen molar-refractivity contribution < 1.29 is 4.79 Å². The molecule has 9 nitrogen and oxygen atoms in total. The molecule has 0 bridgehead atoms. The highest BCUT2D eigenvalue weighted by atomic mass is 16.1. The Morgan fingerprint density at radius 2 is 2.11 bits per heavy atom. The fourth-order valence-corrected chi connectivity index (χ4v) is 3.14. The minimum Gasteiger partial charge on any atom is -0.326 e. The van der Waals surface area contributed by atoms with Crippen LogP contribution in [-0.2, 0) is 11.2 Å². The summed E-state index contributed by atoms with van der Waals surface area (Å²) in [6.07, 6.45) is 2.16. The monoisotopic (exact) mass is 377 g/mol. The molecule has 0 spiro atoms. The Morgan fingerprint density at radius 1 is 1.32 bits per heavy atom. The normalized spacial score (nSPS) is 10.5. The van der Waals surface area contributed by atoms with Crippen LogP contribution in [-0.4, -0.2) is 31.1 Å². The van der Waals surface area contributed by atoms with Gasteiger partial charge in [-0.15, -0.1) is 5.10 Å². The van der Waals surface area contributed by atoms with Crippen molar-refractivity contribution in [2.45, 2.75) is 33.6 Å². The van der Waals surface area contributed by atoms with Gasteiger partial charge in [-0.05, 0) is 72.5 Å². The van der Waals surface area contributed by atoms with Crippen LogP contribution in [0, 0.1) is 32.1 Å². The lowest BCUT2D eigenvalue weighted by Gasteiger charge is -2.12. The van der Waals surface area contributed by atoms with Crippen molar-refractivity contribution in [1.82, 2.24) is 25.2 Å². The van der Waals surface area contributed by atoms with E-state index in [9.17, 15) is 9.59 Å². The van der Waals surface area contributed by atoms with Crippen molar-refractivity contribution in [1.29, 1.82) is 5.26 Å². The molecule has 0 saturated heterocycles. The van der Waals surface area contributed by atoms with Gasteiger partial charge in [0, 0.05) is 17.8 Å². The van der Waals surface area contributed by atoms with E-state index in [1.54, 1.807) is 24.6 Å². The lowest BCUT2D eigenvalue weighted by Crippen LogP contribution is -2.18. The van der Waals surface area contributed by atoms with Gasteiger partial charge in [-0.3, -0.25) is 9.59 Å². The fourth-order valence-electron chi connectivity index (χ4n) is 3.14. The number of nitrogens with zero attached hydrogens (tertiary/aromatic N) is 5. The molecule has 0 fully saturated rings. The summed E-state index contributed by atoms with van der Waals surface area (Å²) in [4.78, 5) is 26.8. The number of carbonyl (C=O) groups is 1. The zero-order valence-electron chi connectivity index (χ0n) is 15.8. The van der Waals surface area contributed by atoms with E-state index in [0.717, 1.165) is 16.8 Å². The number of tetrazole rings is 1. The molecule has 1 amide bonds. The fraction of sp³-hybridized carbons (Fsp3) is 0.263. The van der Waals surface area contributed by atoms with Crippen LogP contribution in [0.2, 0.25) is 0 Å². The number of amides is 1. The quantitative estimate of drug-likeness (QED) is 0.696. The van der Waals surface area contributed by atoms with Crippen LogP contribution in [0.3, 0.4) is 0 Å². The molecule has 0 aliphatic heterocycles. The Hall–Kier alpha value is -3.80. The van der Waals surface area contributed by atoms with Gasteiger partial charge in [-0.1, -0.05) is 0 Å². The van der Waals surface area contributed by atoms with E-state index < -0.39 is 5.56 Å². The largest absolute Gasteiger partial charge is 0.326 e. The number of aryl methyl sites for hydroxylation is 2. The SMILES string of the molecule is Cc1cc(NC(=O)CCc2c(C)[nH]c(=O)c(C#N)c2C)ccc1-n1cnnn1. The Balaban J connectivity index is 1.70. The summed E-state index contributed by atoms with van der Waals surface area (Å²) >= 11 is 0. The molecule has 0 atom stereocenters. The first-order valence-corrected chi connectivity index (χ1v) is 8.67. The Bertz CT molecular complexity index is 1120. The third-order valence-electron chi connectivity index (χ3n) is 4.60. The number of aromatic nitrogens is 5. The Morgan fingerprint density at radius 3 is 2.75 bits per heavy atom. The first-order valence-electron chi connectivity index (χ1n) is 8.67. The second kappa shape index (κ2) is 7.84. The van der Waals surface area contributed by atoms with E-state index >= 15 is 0 Å². The standard InChI is InChI=1S/C19H19N7O2/c1-11-8-14(4-6-17(11)26-10-21-24-25-26)23-18(27)7-5-15-12(2)16(9-20)19(28)22-13(15)3/h4,6,8,10H,5,7H2,1-3H3,(H,22,28)(H,23,27). The van der Waals surface area contributed by atoms with Gasteiger partial charge in [0.05, 0.1) is 5.69 Å². The minimum atomic E-state index is -0.399. The van der Waals surface area contributed by atoms with E-state index in [1.165, 1.54) is 6.33 Å². The third kappa shape index (κ3) is 3.81. The zero-order valence-corrected chi connectivity index (χ0v) is 15.8. The smallest absolute Gasteiger partial charge is 0.266 e. The summed E-state index contributed by atoms with van der Waals surface area (Å²) < 4.78 is 1.55. The van der Waals surface area contributed by atoms with Crippen molar-refractivity contribution in [3.05, 3.63) is 62.8 Å². The molecule has 0 unspecified atom stereocenters. The summed E-state index contributed by atoms with van der Waals surface area (Å²) in [5, 5.41) is 23.1.